The van der Waals surface area contributed by atoms with E-state index in [-0.39, 0.29) is 17.7 Å². The van der Waals surface area contributed by atoms with Crippen molar-refractivity contribution in [3.8, 4) is 17.6 Å². The van der Waals surface area contributed by atoms with Crippen molar-refractivity contribution in [2.75, 3.05) is 19.0 Å². The summed E-state index contributed by atoms with van der Waals surface area (Å²) in [7, 11) is 1.28. The highest BCUT2D eigenvalue weighted by Crippen LogP contribution is 2.35. The summed E-state index contributed by atoms with van der Waals surface area (Å²) in [5, 5.41) is 21.3. The van der Waals surface area contributed by atoms with Gasteiger partial charge in [0.25, 0.3) is 5.91 Å². The number of amides is 1. The van der Waals surface area contributed by atoms with E-state index < -0.39 is 17.8 Å². The van der Waals surface area contributed by atoms with Gasteiger partial charge in [0.15, 0.2) is 11.5 Å². The zero-order chi connectivity index (χ0) is 27.7. The van der Waals surface area contributed by atoms with Crippen LogP contribution < -0.4 is 14.8 Å². The van der Waals surface area contributed by atoms with Crippen LogP contribution in [-0.4, -0.2) is 36.7 Å². The molecule has 0 radical (unpaired) electrons. The van der Waals surface area contributed by atoms with Crippen molar-refractivity contribution in [3.05, 3.63) is 93.0 Å². The van der Waals surface area contributed by atoms with E-state index in [0.29, 0.717) is 39.4 Å². The number of benzene rings is 3. The third-order valence-electron chi connectivity index (χ3n) is 5.19. The molecular formula is C28H23BrN2O7. The van der Waals surface area contributed by atoms with Gasteiger partial charge in [-0.1, -0.05) is 28.1 Å². The minimum atomic E-state index is -1.01. The summed E-state index contributed by atoms with van der Waals surface area (Å²) < 4.78 is 16.8. The molecule has 0 unspecified atom stereocenters. The number of hydrogen-bond acceptors (Lipinski definition) is 7. The maximum Gasteiger partial charge on any atom is 0.337 e. The molecule has 0 fully saturated rings. The molecule has 0 aliphatic heterocycles. The molecule has 9 nitrogen and oxygen atoms in total. The smallest absolute Gasteiger partial charge is 0.337 e. The van der Waals surface area contributed by atoms with Crippen molar-refractivity contribution in [2.24, 2.45) is 0 Å². The molecule has 2 N–H and O–H groups in total. The summed E-state index contributed by atoms with van der Waals surface area (Å²) in [6.07, 6.45) is 1.42. The number of anilines is 1. The van der Waals surface area contributed by atoms with Crippen LogP contribution in [0.3, 0.4) is 0 Å². The average molecular weight is 579 g/mol. The number of hydrogen-bond donors (Lipinski definition) is 2. The van der Waals surface area contributed by atoms with E-state index in [1.54, 1.807) is 24.3 Å². The van der Waals surface area contributed by atoms with E-state index in [1.165, 1.54) is 49.6 Å². The lowest BCUT2D eigenvalue weighted by molar-refractivity contribution is -0.112. The molecule has 0 aliphatic carbocycles. The molecule has 38 heavy (non-hydrogen) atoms. The number of ether oxygens (including phenoxy) is 3. The third-order valence-corrected chi connectivity index (χ3v) is 5.87. The largest absolute Gasteiger partial charge is 0.490 e. The number of halogens is 1. The molecule has 0 saturated heterocycles. The van der Waals surface area contributed by atoms with E-state index in [1.807, 2.05) is 13.0 Å². The number of esters is 1. The molecule has 0 spiro atoms. The standard InChI is InChI=1S/C28H23BrN2O7/c1-3-37-24-13-20(23(29)14-25(24)38-16-17-4-6-18(7-5-17)27(33)34)12-21(15-30)26(32)31-22-10-8-19(9-11-22)28(35)36-2/h4-14H,3,16H2,1-2H3,(H,31,32)(H,33,34)/b21-12+. The van der Waals surface area contributed by atoms with E-state index in [0.717, 1.165) is 5.56 Å². The summed E-state index contributed by atoms with van der Waals surface area (Å²) in [6.45, 7) is 2.33. The van der Waals surface area contributed by atoms with Gasteiger partial charge in [0.05, 0.1) is 24.8 Å². The molecule has 0 bridgehead atoms. The van der Waals surface area contributed by atoms with Crippen molar-refractivity contribution < 1.29 is 33.7 Å². The van der Waals surface area contributed by atoms with E-state index in [9.17, 15) is 19.6 Å². The van der Waals surface area contributed by atoms with Gasteiger partial charge < -0.3 is 24.6 Å². The van der Waals surface area contributed by atoms with Crippen LogP contribution in [0.4, 0.5) is 5.69 Å². The SMILES string of the molecule is CCOc1cc(/C=C(\C#N)C(=O)Nc2ccc(C(=O)OC)cc2)c(Br)cc1OCc1ccc(C(=O)O)cc1. The first-order chi connectivity index (χ1) is 18.2. The highest BCUT2D eigenvalue weighted by atomic mass is 79.9. The van der Waals surface area contributed by atoms with Crippen LogP contribution in [0.1, 0.15) is 38.8 Å². The molecule has 3 aromatic carbocycles. The molecule has 0 heterocycles. The fourth-order valence-corrected chi connectivity index (χ4v) is 3.69. The topological polar surface area (TPSA) is 135 Å². The van der Waals surface area contributed by atoms with Gasteiger partial charge in [-0.3, -0.25) is 4.79 Å². The van der Waals surface area contributed by atoms with E-state index in [2.05, 4.69) is 26.0 Å². The second kappa shape index (κ2) is 13.1. The van der Waals surface area contributed by atoms with Gasteiger partial charge in [-0.25, -0.2) is 9.59 Å². The van der Waals surface area contributed by atoms with Crippen LogP contribution in [0.5, 0.6) is 11.5 Å². The molecule has 0 saturated carbocycles. The number of nitrogens with zero attached hydrogens (tertiary/aromatic N) is 1. The van der Waals surface area contributed by atoms with Gasteiger partial charge in [-0.15, -0.1) is 0 Å². The highest BCUT2D eigenvalue weighted by molar-refractivity contribution is 9.10. The number of carboxylic acid groups (broad SMARTS) is 1. The highest BCUT2D eigenvalue weighted by Gasteiger charge is 2.15. The van der Waals surface area contributed by atoms with Crippen molar-refractivity contribution in [2.45, 2.75) is 13.5 Å². The fraction of sp³-hybridized carbons (Fsp3) is 0.143. The Balaban J connectivity index is 1.79. The van der Waals surface area contributed by atoms with Gasteiger partial charge in [0, 0.05) is 10.2 Å². The molecule has 0 atom stereocenters. The fourth-order valence-electron chi connectivity index (χ4n) is 3.26. The van der Waals surface area contributed by atoms with Gasteiger partial charge in [0.2, 0.25) is 0 Å². The lowest BCUT2D eigenvalue weighted by atomic mass is 10.1. The van der Waals surface area contributed by atoms with Crippen LogP contribution >= 0.6 is 15.9 Å². The molecule has 3 aromatic rings. The maximum absolute atomic E-state index is 12.7. The molecular weight excluding hydrogens is 556 g/mol. The molecule has 1 amide bonds. The van der Waals surface area contributed by atoms with E-state index >= 15 is 0 Å². The molecule has 194 valence electrons. The molecule has 3 rings (SSSR count). The Morgan fingerprint density at radius 2 is 1.63 bits per heavy atom. The number of carbonyl (C=O) groups excluding carboxylic acids is 2. The number of aromatic carboxylic acids is 1. The Morgan fingerprint density at radius 3 is 2.21 bits per heavy atom. The minimum absolute atomic E-state index is 0.155. The Kier molecular flexibility index (Phi) is 9.62. The molecule has 10 heteroatoms. The Morgan fingerprint density at radius 1 is 1.00 bits per heavy atom. The van der Waals surface area contributed by atoms with Crippen LogP contribution in [0, 0.1) is 11.3 Å². The van der Waals surface area contributed by atoms with Crippen LogP contribution in [0.2, 0.25) is 0 Å². The Bertz CT molecular complexity index is 1410. The Labute approximate surface area is 227 Å². The van der Waals surface area contributed by atoms with Crippen molar-refractivity contribution in [1.29, 1.82) is 5.26 Å². The predicted molar refractivity (Wildman–Crippen MR) is 143 cm³/mol. The number of nitrogens with one attached hydrogen (secondary N) is 1. The number of carbonyl (C=O) groups is 3. The van der Waals surface area contributed by atoms with Gasteiger partial charge >= 0.3 is 11.9 Å². The average Bonchev–Trinajstić information content (AvgIpc) is 2.92. The second-order valence-electron chi connectivity index (χ2n) is 7.74. The van der Waals surface area contributed by atoms with Gasteiger partial charge in [0.1, 0.15) is 18.2 Å². The number of rotatable bonds is 10. The summed E-state index contributed by atoms with van der Waals surface area (Å²) in [6, 6.07) is 17.6. The predicted octanol–water partition coefficient (Wildman–Crippen LogP) is 5.46. The van der Waals surface area contributed by atoms with E-state index in [4.69, 9.17) is 14.6 Å². The van der Waals surface area contributed by atoms with Crippen molar-refractivity contribution >= 4 is 45.5 Å². The summed E-state index contributed by atoms with van der Waals surface area (Å²) in [5.74, 6) is -1.31. The van der Waals surface area contributed by atoms with Gasteiger partial charge in [-0.05, 0) is 72.7 Å². The van der Waals surface area contributed by atoms with Crippen LogP contribution in [-0.2, 0) is 16.1 Å². The summed E-state index contributed by atoms with van der Waals surface area (Å²) >= 11 is 3.46. The molecule has 0 aromatic heterocycles. The minimum Gasteiger partial charge on any atom is -0.490 e. The lowest BCUT2D eigenvalue weighted by Crippen LogP contribution is -2.13. The first kappa shape index (κ1) is 28.0. The van der Waals surface area contributed by atoms with Crippen molar-refractivity contribution in [3.63, 3.8) is 0 Å². The zero-order valence-electron chi connectivity index (χ0n) is 20.5. The first-order valence-corrected chi connectivity index (χ1v) is 12.1. The van der Waals surface area contributed by atoms with Gasteiger partial charge in [-0.2, -0.15) is 5.26 Å². The summed E-state index contributed by atoms with van der Waals surface area (Å²) in [5.41, 5.74) is 2.03. The second-order valence-corrected chi connectivity index (χ2v) is 8.59. The quantitative estimate of drug-likeness (QED) is 0.184. The molecule has 0 aliphatic rings. The first-order valence-electron chi connectivity index (χ1n) is 11.3. The van der Waals surface area contributed by atoms with Crippen molar-refractivity contribution in [1.82, 2.24) is 0 Å². The van der Waals surface area contributed by atoms with Crippen LogP contribution in [0.15, 0.2) is 70.7 Å². The maximum atomic E-state index is 12.7. The number of nitriles is 1. The lowest BCUT2D eigenvalue weighted by Gasteiger charge is -2.14. The Hall–Kier alpha value is -4.62. The normalized spacial score (nSPS) is 10.7. The number of methoxy groups -OCH3 is 1. The van der Waals surface area contributed by atoms with Crippen LogP contribution in [0.25, 0.3) is 6.08 Å². The number of carboxylic acids is 1. The zero-order valence-corrected chi connectivity index (χ0v) is 22.1. The monoisotopic (exact) mass is 578 g/mol. The summed E-state index contributed by atoms with van der Waals surface area (Å²) in [4.78, 5) is 35.3. The third kappa shape index (κ3) is 7.21.